The SMILES string of the molecule is Cc1cc(C)cc(C2CNC3(CCCC(C)C3)CO2)c1. The van der Waals surface area contributed by atoms with Gasteiger partial charge in [-0.1, -0.05) is 49.1 Å². The standard InChI is InChI=1S/C18H27NO/c1-13-5-4-6-18(10-13)12-20-17(11-19-18)16-8-14(2)7-15(3)9-16/h7-9,13,17,19H,4-6,10-12H2,1-3H3. The highest BCUT2D eigenvalue weighted by molar-refractivity contribution is 5.30. The van der Waals surface area contributed by atoms with Crippen molar-refractivity contribution in [3.05, 3.63) is 34.9 Å². The smallest absolute Gasteiger partial charge is 0.0950 e. The van der Waals surface area contributed by atoms with Crippen molar-refractivity contribution in [3.8, 4) is 0 Å². The summed E-state index contributed by atoms with van der Waals surface area (Å²) in [5.41, 5.74) is 4.24. The third-order valence-electron chi connectivity index (χ3n) is 4.93. The molecular weight excluding hydrogens is 246 g/mol. The first kappa shape index (κ1) is 14.1. The number of hydrogen-bond donors (Lipinski definition) is 1. The first-order valence-electron chi connectivity index (χ1n) is 8.01. The second-order valence-electron chi connectivity index (χ2n) is 7.08. The van der Waals surface area contributed by atoms with Crippen molar-refractivity contribution in [1.82, 2.24) is 5.32 Å². The number of rotatable bonds is 1. The number of ether oxygens (including phenoxy) is 1. The molecule has 2 fully saturated rings. The Balaban J connectivity index is 1.69. The van der Waals surface area contributed by atoms with Crippen molar-refractivity contribution in [2.75, 3.05) is 13.2 Å². The quantitative estimate of drug-likeness (QED) is 0.837. The van der Waals surface area contributed by atoms with E-state index in [1.54, 1.807) is 0 Å². The highest BCUT2D eigenvalue weighted by Gasteiger charge is 2.39. The molecule has 3 rings (SSSR count). The third kappa shape index (κ3) is 2.91. The van der Waals surface area contributed by atoms with Gasteiger partial charge in [-0.05, 0) is 38.2 Å². The van der Waals surface area contributed by atoms with Crippen LogP contribution in [0.5, 0.6) is 0 Å². The topological polar surface area (TPSA) is 21.3 Å². The van der Waals surface area contributed by atoms with Gasteiger partial charge in [-0.15, -0.1) is 0 Å². The Morgan fingerprint density at radius 2 is 1.95 bits per heavy atom. The lowest BCUT2D eigenvalue weighted by molar-refractivity contribution is -0.0527. The monoisotopic (exact) mass is 273 g/mol. The molecule has 2 aliphatic rings. The average molecular weight is 273 g/mol. The molecule has 2 nitrogen and oxygen atoms in total. The van der Waals surface area contributed by atoms with Gasteiger partial charge in [-0.2, -0.15) is 0 Å². The first-order chi connectivity index (χ1) is 9.56. The Hall–Kier alpha value is -0.860. The lowest BCUT2D eigenvalue weighted by atomic mass is 9.76. The van der Waals surface area contributed by atoms with E-state index in [-0.39, 0.29) is 11.6 Å². The second kappa shape index (κ2) is 5.50. The van der Waals surface area contributed by atoms with E-state index in [1.165, 1.54) is 42.4 Å². The zero-order chi connectivity index (χ0) is 14.2. The van der Waals surface area contributed by atoms with Crippen molar-refractivity contribution in [1.29, 1.82) is 0 Å². The second-order valence-corrected chi connectivity index (χ2v) is 7.08. The van der Waals surface area contributed by atoms with Crippen LogP contribution < -0.4 is 5.32 Å². The van der Waals surface area contributed by atoms with E-state index in [9.17, 15) is 0 Å². The Labute approximate surface area is 122 Å². The third-order valence-corrected chi connectivity index (χ3v) is 4.93. The minimum absolute atomic E-state index is 0.219. The van der Waals surface area contributed by atoms with E-state index >= 15 is 0 Å². The van der Waals surface area contributed by atoms with E-state index in [1.807, 2.05) is 0 Å². The predicted octanol–water partition coefficient (Wildman–Crippen LogP) is 3.91. The van der Waals surface area contributed by atoms with Crippen LogP contribution in [0.15, 0.2) is 18.2 Å². The van der Waals surface area contributed by atoms with Gasteiger partial charge in [-0.3, -0.25) is 0 Å². The molecule has 1 saturated carbocycles. The molecule has 2 heteroatoms. The van der Waals surface area contributed by atoms with Crippen LogP contribution in [0.3, 0.4) is 0 Å². The van der Waals surface area contributed by atoms with Crippen LogP contribution in [0.4, 0.5) is 0 Å². The summed E-state index contributed by atoms with van der Waals surface area (Å²) in [6.07, 6.45) is 5.48. The maximum Gasteiger partial charge on any atom is 0.0950 e. The van der Waals surface area contributed by atoms with Crippen LogP contribution in [-0.4, -0.2) is 18.7 Å². The van der Waals surface area contributed by atoms with E-state index in [0.29, 0.717) is 0 Å². The lowest BCUT2D eigenvalue weighted by Gasteiger charge is -2.45. The van der Waals surface area contributed by atoms with Crippen molar-refractivity contribution >= 4 is 0 Å². The summed E-state index contributed by atoms with van der Waals surface area (Å²) in [5, 5.41) is 3.83. The molecular formula is C18H27NO. The van der Waals surface area contributed by atoms with Gasteiger partial charge in [-0.25, -0.2) is 0 Å². The van der Waals surface area contributed by atoms with Crippen molar-refractivity contribution in [2.24, 2.45) is 5.92 Å². The molecule has 1 spiro atoms. The van der Waals surface area contributed by atoms with Gasteiger partial charge in [0.05, 0.1) is 12.7 Å². The van der Waals surface area contributed by atoms with Gasteiger partial charge in [0.15, 0.2) is 0 Å². The lowest BCUT2D eigenvalue weighted by Crippen LogP contribution is -2.57. The average Bonchev–Trinajstić information content (AvgIpc) is 2.38. The summed E-state index contributed by atoms with van der Waals surface area (Å²) in [6, 6.07) is 6.76. The van der Waals surface area contributed by atoms with E-state index in [0.717, 1.165) is 19.1 Å². The summed E-state index contributed by atoms with van der Waals surface area (Å²) in [7, 11) is 0. The normalized spacial score (nSPS) is 34.4. The van der Waals surface area contributed by atoms with Crippen LogP contribution >= 0.6 is 0 Å². The minimum Gasteiger partial charge on any atom is -0.370 e. The summed E-state index contributed by atoms with van der Waals surface area (Å²) >= 11 is 0. The molecule has 0 aromatic heterocycles. The Kier molecular flexibility index (Phi) is 3.87. The zero-order valence-electron chi connectivity index (χ0n) is 13.0. The number of hydrogen-bond acceptors (Lipinski definition) is 2. The van der Waals surface area contributed by atoms with Gasteiger partial charge in [0.2, 0.25) is 0 Å². The molecule has 1 saturated heterocycles. The predicted molar refractivity (Wildman–Crippen MR) is 83.0 cm³/mol. The van der Waals surface area contributed by atoms with Gasteiger partial charge in [0, 0.05) is 12.1 Å². The fourth-order valence-electron chi connectivity index (χ4n) is 4.04. The molecule has 0 amide bonds. The molecule has 1 aromatic carbocycles. The highest BCUT2D eigenvalue weighted by Crippen LogP contribution is 2.36. The summed E-state index contributed by atoms with van der Waals surface area (Å²) in [6.45, 7) is 8.53. The van der Waals surface area contributed by atoms with E-state index < -0.39 is 0 Å². The van der Waals surface area contributed by atoms with Gasteiger partial charge >= 0.3 is 0 Å². The summed E-state index contributed by atoms with van der Waals surface area (Å²) in [4.78, 5) is 0. The molecule has 110 valence electrons. The fourth-order valence-corrected chi connectivity index (χ4v) is 4.04. The number of aryl methyl sites for hydroxylation is 2. The van der Waals surface area contributed by atoms with Crippen molar-refractivity contribution < 1.29 is 4.74 Å². The molecule has 0 bridgehead atoms. The number of benzene rings is 1. The first-order valence-corrected chi connectivity index (χ1v) is 8.01. The Morgan fingerprint density at radius 3 is 2.55 bits per heavy atom. The van der Waals surface area contributed by atoms with Crippen molar-refractivity contribution in [3.63, 3.8) is 0 Å². The highest BCUT2D eigenvalue weighted by atomic mass is 16.5. The van der Waals surface area contributed by atoms with E-state index in [2.05, 4.69) is 44.3 Å². The fraction of sp³-hybridized carbons (Fsp3) is 0.667. The number of morpholine rings is 1. The molecule has 0 radical (unpaired) electrons. The maximum atomic E-state index is 6.25. The van der Waals surface area contributed by atoms with E-state index in [4.69, 9.17) is 4.74 Å². The van der Waals surface area contributed by atoms with Crippen molar-refractivity contribution in [2.45, 2.75) is 58.1 Å². The molecule has 1 aliphatic heterocycles. The van der Waals surface area contributed by atoms with Gasteiger partial charge < -0.3 is 10.1 Å². The zero-order valence-corrected chi connectivity index (χ0v) is 13.0. The summed E-state index contributed by atoms with van der Waals surface area (Å²) < 4.78 is 6.25. The number of nitrogens with one attached hydrogen (secondary N) is 1. The molecule has 20 heavy (non-hydrogen) atoms. The van der Waals surface area contributed by atoms with Crippen LogP contribution in [0.2, 0.25) is 0 Å². The minimum atomic E-state index is 0.219. The van der Waals surface area contributed by atoms with Crippen LogP contribution in [0, 0.1) is 19.8 Å². The van der Waals surface area contributed by atoms with Crippen LogP contribution in [0.1, 0.15) is 55.4 Å². The molecule has 1 aliphatic carbocycles. The molecule has 3 atom stereocenters. The Bertz CT molecular complexity index is 454. The molecule has 1 heterocycles. The van der Waals surface area contributed by atoms with Crippen LogP contribution in [-0.2, 0) is 4.74 Å². The largest absolute Gasteiger partial charge is 0.370 e. The van der Waals surface area contributed by atoms with Gasteiger partial charge in [0.1, 0.15) is 0 Å². The molecule has 1 N–H and O–H groups in total. The van der Waals surface area contributed by atoms with Crippen LogP contribution in [0.25, 0.3) is 0 Å². The Morgan fingerprint density at radius 1 is 1.20 bits per heavy atom. The maximum absolute atomic E-state index is 6.25. The van der Waals surface area contributed by atoms with Gasteiger partial charge in [0.25, 0.3) is 0 Å². The summed E-state index contributed by atoms with van der Waals surface area (Å²) in [5.74, 6) is 0.831. The molecule has 3 unspecified atom stereocenters. The molecule has 1 aromatic rings.